The Bertz CT molecular complexity index is 559. The summed E-state index contributed by atoms with van der Waals surface area (Å²) in [6.07, 6.45) is 1.58. The Hall–Kier alpha value is -1.96. The van der Waals surface area contributed by atoms with Crippen molar-refractivity contribution in [2.75, 3.05) is 0 Å². The zero-order chi connectivity index (χ0) is 13.1. The van der Waals surface area contributed by atoms with Gasteiger partial charge in [-0.2, -0.15) is 0 Å². The van der Waals surface area contributed by atoms with Crippen LogP contribution in [-0.4, -0.2) is 10.2 Å². The predicted octanol–water partition coefficient (Wildman–Crippen LogP) is 3.89. The van der Waals surface area contributed by atoms with Crippen LogP contribution in [0, 0.1) is 0 Å². The molecule has 2 aromatic rings. The van der Waals surface area contributed by atoms with Gasteiger partial charge in [0.15, 0.2) is 0 Å². The maximum atomic E-state index is 10.2. The molecular weight excluding hydrogens is 224 g/mol. The van der Waals surface area contributed by atoms with Crippen molar-refractivity contribution in [1.82, 2.24) is 0 Å². The molecule has 2 N–H and O–H groups in total. The highest BCUT2D eigenvalue weighted by Crippen LogP contribution is 2.34. The smallest absolute Gasteiger partial charge is 0.126 e. The maximum absolute atomic E-state index is 10.2. The lowest BCUT2D eigenvalue weighted by atomic mass is 9.98. The van der Waals surface area contributed by atoms with Gasteiger partial charge < -0.3 is 10.2 Å². The number of aromatic hydroxyl groups is 2. The highest BCUT2D eigenvalue weighted by molar-refractivity contribution is 5.73. The lowest BCUT2D eigenvalue weighted by molar-refractivity contribution is 0.467. The Kier molecular flexibility index (Phi) is 3.56. The summed E-state index contributed by atoms with van der Waals surface area (Å²) in [6, 6.07) is 11.2. The first-order valence-electron chi connectivity index (χ1n) is 6.30. The molecule has 0 aromatic heterocycles. The zero-order valence-electron chi connectivity index (χ0n) is 10.8. The Balaban J connectivity index is 2.55. The van der Waals surface area contributed by atoms with Crippen molar-refractivity contribution < 1.29 is 10.2 Å². The Morgan fingerprint density at radius 1 is 0.889 bits per heavy atom. The fourth-order valence-electron chi connectivity index (χ4n) is 2.15. The molecule has 0 aliphatic rings. The summed E-state index contributed by atoms with van der Waals surface area (Å²) in [5.41, 5.74) is 3.61. The molecular formula is C16H18O2. The lowest BCUT2D eigenvalue weighted by Gasteiger charge is -2.10. The Labute approximate surface area is 108 Å². The molecule has 0 aliphatic carbocycles. The molecule has 2 nitrogen and oxygen atoms in total. The van der Waals surface area contributed by atoms with Crippen molar-refractivity contribution in [3.05, 3.63) is 47.5 Å². The summed E-state index contributed by atoms with van der Waals surface area (Å²) >= 11 is 0. The second-order valence-electron chi connectivity index (χ2n) is 4.36. The monoisotopic (exact) mass is 242 g/mol. The summed E-state index contributed by atoms with van der Waals surface area (Å²) in [5, 5.41) is 19.9. The minimum Gasteiger partial charge on any atom is -0.508 e. The standard InChI is InChI=1S/C16H18O2/c1-3-11-6-5-7-14(16(11)18)13-8-9-15(17)12(4-2)10-13/h5-10,17-18H,3-4H2,1-2H3. The molecule has 0 saturated heterocycles. The van der Waals surface area contributed by atoms with Crippen molar-refractivity contribution in [3.8, 4) is 22.6 Å². The highest BCUT2D eigenvalue weighted by atomic mass is 16.3. The second kappa shape index (κ2) is 5.13. The van der Waals surface area contributed by atoms with Gasteiger partial charge in [-0.25, -0.2) is 0 Å². The van der Waals surface area contributed by atoms with E-state index in [0.717, 1.165) is 35.1 Å². The Morgan fingerprint density at radius 2 is 1.61 bits per heavy atom. The number of phenols is 2. The minimum atomic E-state index is 0.312. The van der Waals surface area contributed by atoms with Crippen molar-refractivity contribution in [3.63, 3.8) is 0 Å². The van der Waals surface area contributed by atoms with Crippen LogP contribution in [0.15, 0.2) is 36.4 Å². The first-order chi connectivity index (χ1) is 8.67. The van der Waals surface area contributed by atoms with E-state index in [9.17, 15) is 10.2 Å². The van der Waals surface area contributed by atoms with Crippen LogP contribution < -0.4 is 0 Å². The predicted molar refractivity (Wildman–Crippen MR) is 74.0 cm³/mol. The van der Waals surface area contributed by atoms with Crippen LogP contribution >= 0.6 is 0 Å². The van der Waals surface area contributed by atoms with Gasteiger partial charge in [-0.05, 0) is 41.7 Å². The molecule has 2 rings (SSSR count). The van der Waals surface area contributed by atoms with Gasteiger partial charge >= 0.3 is 0 Å². The van der Waals surface area contributed by atoms with E-state index in [0.29, 0.717) is 11.5 Å². The van der Waals surface area contributed by atoms with E-state index in [2.05, 4.69) is 0 Å². The SMILES string of the molecule is CCc1cc(-c2cccc(CC)c2O)ccc1O. The van der Waals surface area contributed by atoms with Gasteiger partial charge in [-0.3, -0.25) is 0 Å². The lowest BCUT2D eigenvalue weighted by Crippen LogP contribution is -1.88. The molecule has 0 amide bonds. The number of aryl methyl sites for hydroxylation is 2. The van der Waals surface area contributed by atoms with E-state index in [1.807, 2.05) is 44.2 Å². The van der Waals surface area contributed by atoms with Gasteiger partial charge in [-0.15, -0.1) is 0 Å². The molecule has 0 unspecified atom stereocenters. The van der Waals surface area contributed by atoms with Gasteiger partial charge in [-0.1, -0.05) is 38.1 Å². The number of para-hydroxylation sites is 1. The number of hydrogen-bond acceptors (Lipinski definition) is 2. The molecule has 0 spiro atoms. The third kappa shape index (κ3) is 2.19. The van der Waals surface area contributed by atoms with Crippen molar-refractivity contribution in [1.29, 1.82) is 0 Å². The van der Waals surface area contributed by atoms with Crippen LogP contribution in [0.25, 0.3) is 11.1 Å². The second-order valence-corrected chi connectivity index (χ2v) is 4.36. The van der Waals surface area contributed by atoms with Crippen molar-refractivity contribution >= 4 is 0 Å². The molecule has 2 aromatic carbocycles. The number of benzene rings is 2. The molecule has 18 heavy (non-hydrogen) atoms. The van der Waals surface area contributed by atoms with Crippen LogP contribution in [0.4, 0.5) is 0 Å². The van der Waals surface area contributed by atoms with Crippen molar-refractivity contribution in [2.24, 2.45) is 0 Å². The van der Waals surface area contributed by atoms with Crippen LogP contribution in [0.2, 0.25) is 0 Å². The number of rotatable bonds is 3. The largest absolute Gasteiger partial charge is 0.508 e. The van der Waals surface area contributed by atoms with E-state index < -0.39 is 0 Å². The van der Waals surface area contributed by atoms with E-state index in [4.69, 9.17) is 0 Å². The number of hydrogen-bond donors (Lipinski definition) is 2. The fourth-order valence-corrected chi connectivity index (χ4v) is 2.15. The van der Waals surface area contributed by atoms with Crippen LogP contribution in [0.1, 0.15) is 25.0 Å². The van der Waals surface area contributed by atoms with E-state index in [-0.39, 0.29) is 0 Å². The summed E-state index contributed by atoms with van der Waals surface area (Å²) < 4.78 is 0. The Morgan fingerprint density at radius 3 is 2.28 bits per heavy atom. The van der Waals surface area contributed by atoms with Gasteiger partial charge in [0, 0.05) is 5.56 Å². The van der Waals surface area contributed by atoms with Crippen LogP contribution in [0.3, 0.4) is 0 Å². The molecule has 0 saturated carbocycles. The molecule has 0 radical (unpaired) electrons. The maximum Gasteiger partial charge on any atom is 0.126 e. The average Bonchev–Trinajstić information content (AvgIpc) is 2.40. The number of phenolic OH excluding ortho intramolecular Hbond substituents is 2. The van der Waals surface area contributed by atoms with Crippen molar-refractivity contribution in [2.45, 2.75) is 26.7 Å². The van der Waals surface area contributed by atoms with Gasteiger partial charge in [0.25, 0.3) is 0 Å². The third-order valence-corrected chi connectivity index (χ3v) is 3.27. The highest BCUT2D eigenvalue weighted by Gasteiger charge is 2.09. The van der Waals surface area contributed by atoms with Gasteiger partial charge in [0.1, 0.15) is 11.5 Å². The summed E-state index contributed by atoms with van der Waals surface area (Å²) in [5.74, 6) is 0.653. The van der Waals surface area contributed by atoms with Crippen LogP contribution in [-0.2, 0) is 12.8 Å². The van der Waals surface area contributed by atoms with E-state index >= 15 is 0 Å². The first-order valence-corrected chi connectivity index (χ1v) is 6.30. The molecule has 0 bridgehead atoms. The molecule has 0 heterocycles. The summed E-state index contributed by atoms with van der Waals surface area (Å²) in [6.45, 7) is 4.02. The zero-order valence-corrected chi connectivity index (χ0v) is 10.8. The van der Waals surface area contributed by atoms with Crippen LogP contribution in [0.5, 0.6) is 11.5 Å². The third-order valence-electron chi connectivity index (χ3n) is 3.27. The minimum absolute atomic E-state index is 0.312. The van der Waals surface area contributed by atoms with E-state index in [1.165, 1.54) is 0 Å². The molecule has 94 valence electrons. The first kappa shape index (κ1) is 12.5. The topological polar surface area (TPSA) is 40.5 Å². The normalized spacial score (nSPS) is 10.6. The fraction of sp³-hybridized carbons (Fsp3) is 0.250. The molecule has 0 aliphatic heterocycles. The quantitative estimate of drug-likeness (QED) is 0.857. The summed E-state index contributed by atoms with van der Waals surface area (Å²) in [4.78, 5) is 0. The molecule has 2 heteroatoms. The molecule has 0 fully saturated rings. The summed E-state index contributed by atoms with van der Waals surface area (Å²) in [7, 11) is 0. The average molecular weight is 242 g/mol. The van der Waals surface area contributed by atoms with Gasteiger partial charge in [0.2, 0.25) is 0 Å². The molecule has 0 atom stereocenters. The van der Waals surface area contributed by atoms with Gasteiger partial charge in [0.05, 0.1) is 0 Å². The van der Waals surface area contributed by atoms with E-state index in [1.54, 1.807) is 6.07 Å².